The maximum absolute atomic E-state index is 14.1. The predicted octanol–water partition coefficient (Wildman–Crippen LogP) is 2.40. The highest BCUT2D eigenvalue weighted by atomic mass is 32.2. The van der Waals surface area contributed by atoms with Crippen LogP contribution < -0.4 is 4.72 Å². The van der Waals surface area contributed by atoms with Crippen LogP contribution in [-0.4, -0.2) is 36.4 Å². The molecule has 0 aliphatic carbocycles. The van der Waals surface area contributed by atoms with Crippen LogP contribution in [0.4, 0.5) is 14.5 Å². The summed E-state index contributed by atoms with van der Waals surface area (Å²) in [6.45, 7) is 0. The fourth-order valence-corrected chi connectivity index (χ4v) is 3.20. The van der Waals surface area contributed by atoms with Crippen molar-refractivity contribution < 1.29 is 26.7 Å². The van der Waals surface area contributed by atoms with Crippen LogP contribution in [0.5, 0.6) is 0 Å². The van der Waals surface area contributed by atoms with Gasteiger partial charge in [0.25, 0.3) is 10.0 Å². The van der Waals surface area contributed by atoms with Crippen molar-refractivity contribution in [1.82, 2.24) is 15.0 Å². The van der Waals surface area contributed by atoms with E-state index in [-0.39, 0.29) is 0 Å². The third-order valence-corrected chi connectivity index (χ3v) is 4.82. The molecule has 144 valence electrons. The fourth-order valence-electron chi connectivity index (χ4n) is 2.21. The zero-order valence-electron chi connectivity index (χ0n) is 14.3. The van der Waals surface area contributed by atoms with Crippen molar-refractivity contribution in [1.29, 1.82) is 0 Å². The Hall–Kier alpha value is -3.47. The van der Waals surface area contributed by atoms with Crippen molar-refractivity contribution in [2.24, 2.45) is 0 Å². The van der Waals surface area contributed by atoms with Crippen molar-refractivity contribution in [3.63, 3.8) is 0 Å². The molecular formula is C17H12F2N4O4S. The quantitative estimate of drug-likeness (QED) is 0.648. The minimum absolute atomic E-state index is 0.346. The molecule has 0 amide bonds. The molecule has 0 saturated carbocycles. The highest BCUT2D eigenvalue weighted by Gasteiger charge is 2.22. The van der Waals surface area contributed by atoms with Crippen LogP contribution in [0.1, 0.15) is 10.4 Å². The predicted molar refractivity (Wildman–Crippen MR) is 93.8 cm³/mol. The number of esters is 1. The number of nitrogens with zero attached hydrogens (tertiary/aromatic N) is 3. The first-order chi connectivity index (χ1) is 13.3. The van der Waals surface area contributed by atoms with E-state index in [0.29, 0.717) is 23.5 Å². The maximum atomic E-state index is 14.1. The van der Waals surface area contributed by atoms with E-state index in [9.17, 15) is 22.0 Å². The molecule has 0 spiro atoms. The normalized spacial score (nSPS) is 11.1. The summed E-state index contributed by atoms with van der Waals surface area (Å²) in [5, 5.41) is -0.427. The molecule has 11 heteroatoms. The number of anilines is 1. The second-order valence-electron chi connectivity index (χ2n) is 5.37. The number of rotatable bonds is 5. The molecule has 0 atom stereocenters. The molecule has 1 N–H and O–H groups in total. The molecule has 0 fully saturated rings. The molecule has 28 heavy (non-hydrogen) atoms. The third-order valence-electron chi connectivity index (χ3n) is 3.54. The second-order valence-corrected chi connectivity index (χ2v) is 7.00. The molecule has 3 rings (SSSR count). The van der Waals surface area contributed by atoms with Gasteiger partial charge in [-0.3, -0.25) is 4.72 Å². The van der Waals surface area contributed by atoms with Gasteiger partial charge in [0.05, 0.1) is 18.4 Å². The number of ether oxygens (including phenoxy) is 1. The van der Waals surface area contributed by atoms with Gasteiger partial charge < -0.3 is 4.74 Å². The lowest BCUT2D eigenvalue weighted by molar-refractivity contribution is 0.0595. The van der Waals surface area contributed by atoms with Crippen molar-refractivity contribution in [2.75, 3.05) is 11.8 Å². The Morgan fingerprint density at radius 3 is 2.39 bits per heavy atom. The van der Waals surface area contributed by atoms with Gasteiger partial charge in [-0.1, -0.05) is 0 Å². The van der Waals surface area contributed by atoms with E-state index in [2.05, 4.69) is 19.7 Å². The Morgan fingerprint density at radius 1 is 1.07 bits per heavy atom. The topological polar surface area (TPSA) is 111 Å². The number of pyridine rings is 1. The number of carbonyl (C=O) groups is 1. The van der Waals surface area contributed by atoms with Gasteiger partial charge in [0.2, 0.25) is 0 Å². The van der Waals surface area contributed by atoms with Crippen LogP contribution in [0.25, 0.3) is 11.4 Å². The van der Waals surface area contributed by atoms with Crippen molar-refractivity contribution >= 4 is 21.7 Å². The summed E-state index contributed by atoms with van der Waals surface area (Å²) in [6, 6.07) is 5.31. The summed E-state index contributed by atoms with van der Waals surface area (Å²) >= 11 is 0. The summed E-state index contributed by atoms with van der Waals surface area (Å²) in [4.78, 5) is 23.2. The van der Waals surface area contributed by atoms with Crippen LogP contribution in [0.2, 0.25) is 0 Å². The van der Waals surface area contributed by atoms with Crippen molar-refractivity contribution in [3.05, 3.63) is 66.1 Å². The summed E-state index contributed by atoms with van der Waals surface area (Å²) in [5.74, 6) is -3.04. The van der Waals surface area contributed by atoms with E-state index in [0.717, 1.165) is 7.11 Å². The molecule has 0 saturated heterocycles. The minimum atomic E-state index is -4.31. The molecule has 0 unspecified atom stereocenters. The Balaban J connectivity index is 1.88. The highest BCUT2D eigenvalue weighted by molar-refractivity contribution is 7.92. The largest absolute Gasteiger partial charge is 0.465 e. The first-order valence-electron chi connectivity index (χ1n) is 7.65. The molecule has 0 aliphatic rings. The minimum Gasteiger partial charge on any atom is -0.465 e. The van der Waals surface area contributed by atoms with E-state index in [1.54, 1.807) is 6.07 Å². The van der Waals surface area contributed by atoms with Crippen LogP contribution in [0.15, 0.2) is 53.9 Å². The van der Waals surface area contributed by atoms with Crippen LogP contribution in [0.3, 0.4) is 0 Å². The molecular weight excluding hydrogens is 394 g/mol. The molecule has 0 bridgehead atoms. The van der Waals surface area contributed by atoms with Crippen molar-refractivity contribution in [3.8, 4) is 11.4 Å². The number of halogens is 2. The zero-order chi connectivity index (χ0) is 20.3. The zero-order valence-corrected chi connectivity index (χ0v) is 15.1. The highest BCUT2D eigenvalue weighted by Crippen LogP contribution is 2.23. The van der Waals surface area contributed by atoms with Crippen molar-refractivity contribution in [2.45, 2.75) is 5.03 Å². The molecule has 0 aliphatic heterocycles. The van der Waals surface area contributed by atoms with E-state index < -0.39 is 43.9 Å². The van der Waals surface area contributed by atoms with Gasteiger partial charge in [-0.25, -0.2) is 28.5 Å². The number of hydrogen-bond acceptors (Lipinski definition) is 7. The molecule has 2 heterocycles. The Bertz CT molecular complexity index is 1120. The molecule has 3 aromatic rings. The number of sulfonamides is 1. The molecule has 1 aromatic carbocycles. The van der Waals surface area contributed by atoms with Crippen LogP contribution in [-0.2, 0) is 14.8 Å². The summed E-state index contributed by atoms with van der Waals surface area (Å²) in [6.07, 6.45) is 4.27. The van der Waals surface area contributed by atoms with E-state index in [1.807, 2.05) is 4.72 Å². The first-order valence-corrected chi connectivity index (χ1v) is 9.14. The van der Waals surface area contributed by atoms with E-state index >= 15 is 0 Å². The summed E-state index contributed by atoms with van der Waals surface area (Å²) in [7, 11) is -3.31. The Kier molecular flexibility index (Phi) is 5.27. The lowest BCUT2D eigenvalue weighted by Crippen LogP contribution is -2.16. The van der Waals surface area contributed by atoms with Gasteiger partial charge in [0.1, 0.15) is 11.6 Å². The lowest BCUT2D eigenvalue weighted by atomic mass is 10.2. The number of nitrogens with one attached hydrogen (secondary N) is 1. The number of benzene rings is 1. The number of methoxy groups -OCH3 is 1. The first kappa shape index (κ1) is 19.3. The summed E-state index contributed by atoms with van der Waals surface area (Å²) in [5.41, 5.74) is -0.866. The number of hydrogen-bond donors (Lipinski definition) is 1. The van der Waals surface area contributed by atoms with Gasteiger partial charge >= 0.3 is 5.97 Å². The van der Waals surface area contributed by atoms with Crippen LogP contribution in [0, 0.1) is 11.6 Å². The average molecular weight is 406 g/mol. The number of carbonyl (C=O) groups excluding carboxylic acids is 1. The maximum Gasteiger partial charge on any atom is 0.340 e. The Labute approximate surface area is 158 Å². The Morgan fingerprint density at radius 2 is 1.79 bits per heavy atom. The fraction of sp³-hybridized carbons (Fsp3) is 0.0588. The smallest absolute Gasteiger partial charge is 0.340 e. The monoisotopic (exact) mass is 406 g/mol. The second kappa shape index (κ2) is 7.64. The van der Waals surface area contributed by atoms with Gasteiger partial charge in [0.15, 0.2) is 10.9 Å². The van der Waals surface area contributed by atoms with Gasteiger partial charge in [-0.05, 0) is 24.3 Å². The van der Waals surface area contributed by atoms with E-state index in [1.165, 1.54) is 30.7 Å². The van der Waals surface area contributed by atoms with Gasteiger partial charge in [-0.2, -0.15) is 8.42 Å². The standard InChI is InChI=1S/C17H12F2N4O4S/c1-27-17(24)11-7-13(19)14(8-12(11)18)23-28(25,26)15-4-3-10(9-22-15)16-20-5-2-6-21-16/h2-9,23H,1H3. The number of aromatic nitrogens is 3. The van der Waals surface area contributed by atoms with Gasteiger partial charge in [-0.15, -0.1) is 0 Å². The molecule has 0 radical (unpaired) electrons. The molecule has 8 nitrogen and oxygen atoms in total. The third kappa shape index (κ3) is 3.93. The summed E-state index contributed by atoms with van der Waals surface area (Å²) < 4.78 is 59.1. The average Bonchev–Trinajstić information content (AvgIpc) is 2.70. The SMILES string of the molecule is COC(=O)c1cc(F)c(NS(=O)(=O)c2ccc(-c3ncccn3)cn2)cc1F. The molecule has 2 aromatic heterocycles. The lowest BCUT2D eigenvalue weighted by Gasteiger charge is -2.10. The van der Waals surface area contributed by atoms with Crippen LogP contribution >= 0.6 is 0 Å². The van der Waals surface area contributed by atoms with Gasteiger partial charge in [0, 0.05) is 30.2 Å². The van der Waals surface area contributed by atoms with E-state index in [4.69, 9.17) is 0 Å².